The average Bonchev–Trinajstić information content (AvgIpc) is 2.35. The number of rotatable bonds is 1. The minimum atomic E-state index is 0.486. The fourth-order valence-electron chi connectivity index (χ4n) is 4.34. The van der Waals surface area contributed by atoms with Gasteiger partial charge in [0.05, 0.1) is 14.1 Å². The van der Waals surface area contributed by atoms with Crippen LogP contribution in [0.15, 0.2) is 0 Å². The predicted octanol–water partition coefficient (Wildman–Crippen LogP) is -0.434. The van der Waals surface area contributed by atoms with Crippen LogP contribution in [0.4, 0.5) is 0 Å². The monoisotopic (exact) mass is 198 g/mol. The first kappa shape index (κ1) is 10.4. The van der Waals surface area contributed by atoms with Crippen LogP contribution in [0.2, 0.25) is 0 Å². The minimum Gasteiger partial charge on any atom is -0.350 e. The molecule has 0 radical (unpaired) electrons. The maximum Gasteiger partial charge on any atom is 0.143 e. The molecule has 2 rings (SSSR count). The molecule has 0 heterocycles. The highest BCUT2D eigenvalue weighted by molar-refractivity contribution is 5.14. The first-order chi connectivity index (χ1) is 6.32. The highest BCUT2D eigenvalue weighted by Crippen LogP contribution is 2.63. The van der Waals surface area contributed by atoms with Gasteiger partial charge in [0.25, 0.3) is 0 Å². The van der Waals surface area contributed by atoms with Gasteiger partial charge in [-0.25, -0.2) is 0 Å². The Morgan fingerprint density at radius 2 is 1.79 bits per heavy atom. The zero-order valence-corrected chi connectivity index (χ0v) is 10.4. The van der Waals surface area contributed by atoms with Crippen molar-refractivity contribution in [2.24, 2.45) is 16.7 Å². The van der Waals surface area contributed by atoms with Gasteiger partial charge in [-0.3, -0.25) is 0 Å². The Labute approximate surface area is 87.8 Å². The van der Waals surface area contributed by atoms with Crippen LogP contribution >= 0.6 is 0 Å². The molecule has 2 aliphatic carbocycles. The first-order valence-corrected chi connectivity index (χ1v) is 5.95. The van der Waals surface area contributed by atoms with Crippen molar-refractivity contribution in [2.45, 2.75) is 45.7 Å². The Bertz CT molecular complexity index is 247. The standard InChI is InChI=1S/C12H24N2/c1-11(2)8-6-7-12(11,3)10(13)9(8)14(4)5/h8-10H,6-7,13H2,1-5H3/p+2/t8-,9-,10-,12-/m1/s1. The third-order valence-corrected chi connectivity index (χ3v) is 5.73. The molecule has 2 saturated carbocycles. The quantitative estimate of drug-likeness (QED) is 0.573. The fraction of sp³-hybridized carbons (Fsp3) is 1.00. The van der Waals surface area contributed by atoms with Crippen LogP contribution in [-0.2, 0) is 0 Å². The molecule has 2 heteroatoms. The summed E-state index contributed by atoms with van der Waals surface area (Å²) in [5, 5.41) is 0. The van der Waals surface area contributed by atoms with Gasteiger partial charge in [0.15, 0.2) is 0 Å². The molecule has 4 N–H and O–H groups in total. The van der Waals surface area contributed by atoms with E-state index in [0.29, 0.717) is 16.9 Å². The van der Waals surface area contributed by atoms with Crippen LogP contribution in [0.3, 0.4) is 0 Å². The number of hydrogen-bond acceptors (Lipinski definition) is 0. The van der Waals surface area contributed by atoms with E-state index in [-0.39, 0.29) is 0 Å². The summed E-state index contributed by atoms with van der Waals surface area (Å²) in [5.41, 5.74) is 5.46. The molecule has 0 aromatic carbocycles. The van der Waals surface area contributed by atoms with Crippen molar-refractivity contribution in [3.05, 3.63) is 0 Å². The van der Waals surface area contributed by atoms with Crippen LogP contribution in [0, 0.1) is 16.7 Å². The smallest absolute Gasteiger partial charge is 0.143 e. The fourth-order valence-corrected chi connectivity index (χ4v) is 4.34. The van der Waals surface area contributed by atoms with Gasteiger partial charge in [-0.05, 0) is 18.3 Å². The second-order valence-corrected chi connectivity index (χ2v) is 6.49. The topological polar surface area (TPSA) is 32.1 Å². The van der Waals surface area contributed by atoms with Crippen molar-refractivity contribution < 1.29 is 10.6 Å². The van der Waals surface area contributed by atoms with Crippen LogP contribution in [0.25, 0.3) is 0 Å². The molecule has 2 nitrogen and oxygen atoms in total. The summed E-state index contributed by atoms with van der Waals surface area (Å²) >= 11 is 0. The second kappa shape index (κ2) is 2.73. The Kier molecular flexibility index (Phi) is 2.04. The van der Waals surface area contributed by atoms with Crippen molar-refractivity contribution in [2.75, 3.05) is 14.1 Å². The first-order valence-electron chi connectivity index (χ1n) is 5.95. The number of hydrogen-bond donors (Lipinski definition) is 2. The molecule has 0 aliphatic heterocycles. The van der Waals surface area contributed by atoms with Crippen molar-refractivity contribution in [3.8, 4) is 0 Å². The molecular formula is C12H26N2+2. The molecule has 14 heavy (non-hydrogen) atoms. The van der Waals surface area contributed by atoms with Gasteiger partial charge in [-0.2, -0.15) is 0 Å². The number of fused-ring (bicyclic) bond motifs is 2. The maximum absolute atomic E-state index is 4.47. The lowest BCUT2D eigenvalue weighted by molar-refractivity contribution is -0.902. The molecule has 2 fully saturated rings. The van der Waals surface area contributed by atoms with Crippen molar-refractivity contribution in [3.63, 3.8) is 0 Å². The zero-order chi connectivity index (χ0) is 10.7. The van der Waals surface area contributed by atoms with Crippen LogP contribution in [0.5, 0.6) is 0 Å². The van der Waals surface area contributed by atoms with Gasteiger partial charge in [-0.1, -0.05) is 20.8 Å². The van der Waals surface area contributed by atoms with Crippen LogP contribution in [0.1, 0.15) is 33.6 Å². The van der Waals surface area contributed by atoms with E-state index in [2.05, 4.69) is 40.6 Å². The largest absolute Gasteiger partial charge is 0.350 e. The lowest BCUT2D eigenvalue weighted by Crippen LogP contribution is -3.14. The molecule has 0 spiro atoms. The lowest BCUT2D eigenvalue weighted by Gasteiger charge is -2.35. The van der Waals surface area contributed by atoms with Crippen molar-refractivity contribution >= 4 is 0 Å². The molecule has 0 saturated heterocycles. The summed E-state index contributed by atoms with van der Waals surface area (Å²) in [6.07, 6.45) is 2.81. The van der Waals surface area contributed by atoms with Crippen LogP contribution < -0.4 is 10.6 Å². The highest BCUT2D eigenvalue weighted by atomic mass is 15.2. The molecule has 4 atom stereocenters. The predicted molar refractivity (Wildman–Crippen MR) is 57.9 cm³/mol. The van der Waals surface area contributed by atoms with Gasteiger partial charge >= 0.3 is 0 Å². The Morgan fingerprint density at radius 1 is 1.21 bits per heavy atom. The molecule has 0 unspecified atom stereocenters. The highest BCUT2D eigenvalue weighted by Gasteiger charge is 2.69. The molecule has 82 valence electrons. The maximum atomic E-state index is 4.47. The number of likely N-dealkylation sites (N-methyl/N-ethyl adjacent to an activating group) is 1. The summed E-state index contributed by atoms with van der Waals surface area (Å²) in [5.74, 6) is 0.889. The average molecular weight is 198 g/mol. The molecule has 0 aromatic rings. The summed E-state index contributed by atoms with van der Waals surface area (Å²) < 4.78 is 0. The van der Waals surface area contributed by atoms with E-state index in [1.54, 1.807) is 4.90 Å². The molecular weight excluding hydrogens is 172 g/mol. The van der Waals surface area contributed by atoms with Gasteiger partial charge in [0.1, 0.15) is 12.1 Å². The van der Waals surface area contributed by atoms with E-state index in [1.165, 1.54) is 12.8 Å². The van der Waals surface area contributed by atoms with E-state index < -0.39 is 0 Å². The molecule has 0 amide bonds. The number of nitrogens with one attached hydrogen (secondary N) is 1. The lowest BCUT2D eigenvalue weighted by atomic mass is 9.69. The van der Waals surface area contributed by atoms with Gasteiger partial charge < -0.3 is 10.6 Å². The Morgan fingerprint density at radius 3 is 2.07 bits per heavy atom. The second-order valence-electron chi connectivity index (χ2n) is 6.49. The normalized spacial score (nSPS) is 50.4. The Hall–Kier alpha value is -0.0800. The van der Waals surface area contributed by atoms with Gasteiger partial charge in [-0.15, -0.1) is 0 Å². The Balaban J connectivity index is 2.39. The summed E-state index contributed by atoms with van der Waals surface area (Å²) in [6, 6.07) is 1.42. The third kappa shape index (κ3) is 0.938. The summed E-state index contributed by atoms with van der Waals surface area (Å²) in [4.78, 5) is 1.60. The summed E-state index contributed by atoms with van der Waals surface area (Å²) in [6.45, 7) is 7.39. The molecule has 0 aromatic heterocycles. The minimum absolute atomic E-state index is 0.486. The van der Waals surface area contributed by atoms with E-state index in [0.717, 1.165) is 12.0 Å². The number of quaternary nitrogens is 2. The van der Waals surface area contributed by atoms with Crippen molar-refractivity contribution in [1.29, 1.82) is 0 Å². The van der Waals surface area contributed by atoms with E-state index in [4.69, 9.17) is 0 Å². The summed E-state index contributed by atoms with van der Waals surface area (Å²) in [7, 11) is 4.59. The molecule has 2 bridgehead atoms. The van der Waals surface area contributed by atoms with Crippen molar-refractivity contribution in [1.82, 2.24) is 0 Å². The molecule has 2 aliphatic rings. The van der Waals surface area contributed by atoms with Gasteiger partial charge in [0, 0.05) is 11.3 Å². The van der Waals surface area contributed by atoms with Crippen LogP contribution in [-0.4, -0.2) is 26.2 Å². The third-order valence-electron chi connectivity index (χ3n) is 5.73. The van der Waals surface area contributed by atoms with E-state index in [9.17, 15) is 0 Å². The van der Waals surface area contributed by atoms with E-state index >= 15 is 0 Å². The zero-order valence-electron chi connectivity index (χ0n) is 10.4. The van der Waals surface area contributed by atoms with Gasteiger partial charge in [0.2, 0.25) is 0 Å². The van der Waals surface area contributed by atoms with E-state index in [1.807, 2.05) is 0 Å². The SMILES string of the molecule is C[NH+](C)[C@@H]1[C@H]2CC[C@](C)([C@@H]1[NH3+])C2(C)C.